The number of hydrogen-bond donors (Lipinski definition) is 1. The highest BCUT2D eigenvalue weighted by Crippen LogP contribution is 2.47. The van der Waals surface area contributed by atoms with Crippen LogP contribution in [0.15, 0.2) is 91.4 Å². The Labute approximate surface area is 195 Å². The van der Waals surface area contributed by atoms with Gasteiger partial charge in [-0.1, -0.05) is 24.3 Å². The lowest BCUT2D eigenvalue weighted by Crippen LogP contribution is -2.29. The first-order valence-electron chi connectivity index (χ1n) is 11.1. The van der Waals surface area contributed by atoms with Crippen molar-refractivity contribution < 1.29 is 9.53 Å². The van der Waals surface area contributed by atoms with Crippen molar-refractivity contribution in [2.24, 2.45) is 0 Å². The van der Waals surface area contributed by atoms with Crippen LogP contribution in [-0.2, 0) is 16.8 Å². The van der Waals surface area contributed by atoms with Gasteiger partial charge in [0.05, 0.1) is 5.69 Å². The summed E-state index contributed by atoms with van der Waals surface area (Å²) in [6, 6.07) is 23.1. The molecule has 8 heteroatoms. The van der Waals surface area contributed by atoms with Crippen molar-refractivity contribution in [2.45, 2.75) is 24.9 Å². The minimum atomic E-state index is -0.667. The van der Waals surface area contributed by atoms with Gasteiger partial charge in [0.25, 0.3) is 0 Å². The first kappa shape index (κ1) is 20.2. The fraction of sp³-hybridized carbons (Fsp3) is 0.154. The van der Waals surface area contributed by atoms with E-state index in [1.807, 2.05) is 89.9 Å². The highest BCUT2D eigenvalue weighted by Gasteiger charge is 2.54. The Hall–Kier alpha value is -4.46. The summed E-state index contributed by atoms with van der Waals surface area (Å²) in [5, 5.41) is 11.8. The van der Waals surface area contributed by atoms with Crippen LogP contribution in [0.1, 0.15) is 24.2 Å². The number of rotatable bonds is 7. The third-order valence-electron chi connectivity index (χ3n) is 6.06. The Kier molecular flexibility index (Phi) is 4.83. The van der Waals surface area contributed by atoms with E-state index in [2.05, 4.69) is 20.5 Å². The van der Waals surface area contributed by atoms with Gasteiger partial charge >= 0.3 is 0 Å². The Morgan fingerprint density at radius 3 is 2.65 bits per heavy atom. The molecule has 3 heterocycles. The molecule has 1 fully saturated rings. The summed E-state index contributed by atoms with van der Waals surface area (Å²) in [5.74, 6) is 1.17. The van der Waals surface area contributed by atoms with Crippen LogP contribution in [0, 0.1) is 0 Å². The Balaban J connectivity index is 1.12. The lowest BCUT2D eigenvalue weighted by atomic mass is 10.1. The summed E-state index contributed by atoms with van der Waals surface area (Å²) in [6.07, 6.45) is 6.97. The molecule has 0 saturated heterocycles. The van der Waals surface area contributed by atoms with Gasteiger partial charge < -0.3 is 10.1 Å². The van der Waals surface area contributed by atoms with Gasteiger partial charge in [0.2, 0.25) is 5.91 Å². The number of ether oxygens (including phenoxy) is 1. The van der Waals surface area contributed by atoms with Crippen LogP contribution in [-0.4, -0.2) is 30.3 Å². The maximum Gasteiger partial charge on any atom is 0.238 e. The third kappa shape index (κ3) is 3.79. The number of carbonyl (C=O) groups excluding carboxylic acids is 1. The molecule has 168 valence electrons. The Morgan fingerprint density at radius 1 is 1.00 bits per heavy atom. The molecule has 0 aliphatic heterocycles. The number of nitrogens with one attached hydrogen (secondary N) is 1. The number of fused-ring (bicyclic) bond motifs is 1. The Morgan fingerprint density at radius 2 is 1.88 bits per heavy atom. The summed E-state index contributed by atoms with van der Waals surface area (Å²) in [5.41, 5.74) is 2.79. The van der Waals surface area contributed by atoms with E-state index in [1.165, 1.54) is 0 Å². The predicted octanol–water partition coefficient (Wildman–Crippen LogP) is 4.16. The van der Waals surface area contributed by atoms with Gasteiger partial charge in [0.15, 0.2) is 11.5 Å². The van der Waals surface area contributed by atoms with Crippen molar-refractivity contribution in [3.63, 3.8) is 0 Å². The zero-order chi connectivity index (χ0) is 23.0. The van der Waals surface area contributed by atoms with Gasteiger partial charge in [0.1, 0.15) is 17.8 Å². The molecule has 0 unspecified atom stereocenters. The second kappa shape index (κ2) is 8.15. The van der Waals surface area contributed by atoms with Crippen LogP contribution < -0.4 is 10.1 Å². The number of pyridine rings is 1. The quantitative estimate of drug-likeness (QED) is 0.402. The lowest BCUT2D eigenvalue weighted by Gasteiger charge is -2.13. The van der Waals surface area contributed by atoms with E-state index < -0.39 is 5.41 Å². The number of nitrogens with zero attached hydrogens (tertiary/aromatic N) is 5. The second-order valence-corrected chi connectivity index (χ2v) is 8.41. The fourth-order valence-corrected chi connectivity index (χ4v) is 3.96. The summed E-state index contributed by atoms with van der Waals surface area (Å²) in [6.45, 7) is 0.423. The maximum atomic E-state index is 13.1. The van der Waals surface area contributed by atoms with Crippen molar-refractivity contribution in [3.05, 3.63) is 103 Å². The van der Waals surface area contributed by atoms with E-state index >= 15 is 0 Å². The van der Waals surface area contributed by atoms with E-state index in [9.17, 15) is 4.79 Å². The number of amides is 1. The first-order chi connectivity index (χ1) is 16.7. The average Bonchev–Trinajstić information content (AvgIpc) is 3.28. The molecule has 3 aromatic heterocycles. The monoisotopic (exact) mass is 450 g/mol. The number of hydrogen-bond acceptors (Lipinski definition) is 5. The van der Waals surface area contributed by atoms with Gasteiger partial charge in [-0.25, -0.2) is 14.2 Å². The molecule has 8 nitrogen and oxygen atoms in total. The second-order valence-electron chi connectivity index (χ2n) is 8.41. The summed E-state index contributed by atoms with van der Waals surface area (Å²) < 4.78 is 9.49. The maximum absolute atomic E-state index is 13.1. The zero-order valence-corrected chi connectivity index (χ0v) is 18.3. The highest BCUT2D eigenvalue weighted by molar-refractivity contribution is 6.01. The van der Waals surface area contributed by atoms with Crippen LogP contribution in [0.5, 0.6) is 5.75 Å². The molecule has 1 amide bonds. The highest BCUT2D eigenvalue weighted by atomic mass is 16.5. The number of anilines is 1. The largest absolute Gasteiger partial charge is 0.489 e. The number of carbonyl (C=O) groups is 1. The molecule has 0 spiro atoms. The molecule has 1 saturated carbocycles. The topological polar surface area (TPSA) is 86.3 Å². The van der Waals surface area contributed by atoms with Crippen molar-refractivity contribution in [1.29, 1.82) is 0 Å². The molecule has 0 radical (unpaired) electrons. The minimum absolute atomic E-state index is 0.0882. The molecule has 0 bridgehead atoms. The molecule has 6 rings (SSSR count). The van der Waals surface area contributed by atoms with Crippen LogP contribution >= 0.6 is 0 Å². The number of aromatic nitrogens is 5. The van der Waals surface area contributed by atoms with Gasteiger partial charge in [0, 0.05) is 30.3 Å². The molecular formula is C26H22N6O2. The molecule has 5 aromatic rings. The zero-order valence-electron chi connectivity index (χ0n) is 18.3. The summed E-state index contributed by atoms with van der Waals surface area (Å²) >= 11 is 0. The van der Waals surface area contributed by atoms with Gasteiger partial charge in [-0.3, -0.25) is 4.79 Å². The molecular weight excluding hydrogens is 428 g/mol. The normalized spacial score (nSPS) is 14.1. The lowest BCUT2D eigenvalue weighted by molar-refractivity contribution is -0.118. The summed E-state index contributed by atoms with van der Waals surface area (Å²) in [4.78, 5) is 17.7. The van der Waals surface area contributed by atoms with Gasteiger partial charge in [-0.15, -0.1) is 0 Å². The van der Waals surface area contributed by atoms with Crippen molar-refractivity contribution in [1.82, 2.24) is 24.4 Å². The smallest absolute Gasteiger partial charge is 0.238 e. The van der Waals surface area contributed by atoms with Crippen molar-refractivity contribution >= 4 is 17.2 Å². The van der Waals surface area contributed by atoms with Crippen LogP contribution in [0.4, 0.5) is 5.69 Å². The van der Waals surface area contributed by atoms with Gasteiger partial charge in [-0.2, -0.15) is 10.2 Å². The van der Waals surface area contributed by atoms with Crippen LogP contribution in [0.3, 0.4) is 0 Å². The standard InChI is InChI=1S/C26H22N6O2/c33-25(26(12-13-26)24-29-23-7-1-2-15-32(23)30-24)28-20-5-3-6-22(17-20)34-18-19-8-10-21(11-9-19)31-16-4-14-27-31/h1-11,14-17H,12-13,18H2,(H,28,33). The number of benzene rings is 2. The van der Waals surface area contributed by atoms with E-state index in [0.29, 0.717) is 23.9 Å². The molecule has 0 atom stereocenters. The molecule has 34 heavy (non-hydrogen) atoms. The van der Waals surface area contributed by atoms with Crippen molar-refractivity contribution in [2.75, 3.05) is 5.32 Å². The van der Waals surface area contributed by atoms with Gasteiger partial charge in [-0.05, 0) is 60.9 Å². The Bertz CT molecular complexity index is 1420. The SMILES string of the molecule is O=C(Nc1cccc(OCc2ccc(-n3cccn3)cc2)c1)C1(c2nc3ccccn3n2)CC1. The molecule has 1 aliphatic rings. The van der Waals surface area contributed by atoms with Crippen LogP contribution in [0.25, 0.3) is 11.3 Å². The minimum Gasteiger partial charge on any atom is -0.489 e. The van der Waals surface area contributed by atoms with Crippen molar-refractivity contribution in [3.8, 4) is 11.4 Å². The van der Waals surface area contributed by atoms with E-state index in [-0.39, 0.29) is 5.91 Å². The van der Waals surface area contributed by atoms with E-state index in [0.717, 1.165) is 29.7 Å². The summed E-state index contributed by atoms with van der Waals surface area (Å²) in [7, 11) is 0. The fourth-order valence-electron chi connectivity index (χ4n) is 3.96. The third-order valence-corrected chi connectivity index (χ3v) is 6.06. The van der Waals surface area contributed by atoms with E-state index in [4.69, 9.17) is 4.74 Å². The predicted molar refractivity (Wildman–Crippen MR) is 127 cm³/mol. The van der Waals surface area contributed by atoms with Crippen LogP contribution in [0.2, 0.25) is 0 Å². The molecule has 1 aliphatic carbocycles. The van der Waals surface area contributed by atoms with E-state index in [1.54, 1.807) is 10.7 Å². The molecule has 1 N–H and O–H groups in total. The first-order valence-corrected chi connectivity index (χ1v) is 11.1. The molecule has 2 aromatic carbocycles. The average molecular weight is 451 g/mol.